The summed E-state index contributed by atoms with van der Waals surface area (Å²) in [5.74, 6) is 0.0787. The van der Waals surface area contributed by atoms with E-state index < -0.39 is 12.0 Å². The van der Waals surface area contributed by atoms with Crippen molar-refractivity contribution in [2.45, 2.75) is 72.1 Å². The van der Waals surface area contributed by atoms with Gasteiger partial charge >= 0.3 is 5.97 Å². The summed E-state index contributed by atoms with van der Waals surface area (Å²) in [4.78, 5) is 13.1. The molecule has 8 heteroatoms. The van der Waals surface area contributed by atoms with Crippen LogP contribution in [0, 0.1) is 13.8 Å². The first-order valence-electron chi connectivity index (χ1n) is 14.3. The lowest BCUT2D eigenvalue weighted by molar-refractivity contribution is -0.144. The molecule has 4 rings (SSSR count). The molecule has 0 amide bonds. The van der Waals surface area contributed by atoms with E-state index in [2.05, 4.69) is 16.4 Å². The van der Waals surface area contributed by atoms with Crippen molar-refractivity contribution in [3.63, 3.8) is 0 Å². The number of ether oxygens (including phenoxy) is 3. The van der Waals surface area contributed by atoms with Crippen molar-refractivity contribution in [2.24, 2.45) is 0 Å². The summed E-state index contributed by atoms with van der Waals surface area (Å²) in [6, 6.07) is 17.8. The van der Waals surface area contributed by atoms with Crippen LogP contribution in [-0.2, 0) is 33.8 Å². The van der Waals surface area contributed by atoms with Gasteiger partial charge in [-0.25, -0.2) is 4.68 Å². The molecule has 1 aromatic heterocycles. The zero-order valence-electron chi connectivity index (χ0n) is 24.7. The van der Waals surface area contributed by atoms with Gasteiger partial charge in [-0.1, -0.05) is 41.6 Å². The van der Waals surface area contributed by atoms with Gasteiger partial charge in [-0.05, 0) is 98.5 Å². The van der Waals surface area contributed by atoms with Crippen molar-refractivity contribution in [3.05, 3.63) is 88.0 Å². The summed E-state index contributed by atoms with van der Waals surface area (Å²) in [7, 11) is 1.66. The molecule has 1 N–H and O–H groups in total. The summed E-state index contributed by atoms with van der Waals surface area (Å²) in [5, 5.41) is 19.1. The third-order valence-electron chi connectivity index (χ3n) is 7.54. The zero-order chi connectivity index (χ0) is 29.4. The van der Waals surface area contributed by atoms with Gasteiger partial charge in [-0.3, -0.25) is 4.79 Å². The van der Waals surface area contributed by atoms with Gasteiger partial charge in [0.05, 0.1) is 37.9 Å². The van der Waals surface area contributed by atoms with E-state index in [0.29, 0.717) is 26.2 Å². The Morgan fingerprint density at radius 3 is 2.54 bits per heavy atom. The molecule has 0 saturated heterocycles. The van der Waals surface area contributed by atoms with Crippen LogP contribution in [0.15, 0.2) is 54.6 Å². The highest BCUT2D eigenvalue weighted by Gasteiger charge is 2.25. The van der Waals surface area contributed by atoms with Gasteiger partial charge in [0, 0.05) is 13.2 Å². The molecular weight excluding hydrogens is 518 g/mol. The molecule has 0 spiro atoms. The fraction of sp³-hybridized carbons (Fsp3) is 0.424. The Morgan fingerprint density at radius 2 is 1.83 bits per heavy atom. The zero-order valence-corrected chi connectivity index (χ0v) is 24.7. The number of methoxy groups -OCH3 is 1. The normalized spacial score (nSPS) is 12.8. The van der Waals surface area contributed by atoms with Crippen molar-refractivity contribution in [1.82, 2.24) is 15.0 Å². The Bertz CT molecular complexity index is 1450. The molecule has 8 nitrogen and oxygen atoms in total. The molecule has 0 aliphatic heterocycles. The Labute approximate surface area is 242 Å². The van der Waals surface area contributed by atoms with Crippen molar-refractivity contribution in [3.8, 4) is 5.75 Å². The number of rotatable bonds is 14. The number of aliphatic hydroxyl groups excluding tert-OH is 1. The monoisotopic (exact) mass is 559 g/mol. The van der Waals surface area contributed by atoms with Crippen LogP contribution < -0.4 is 4.74 Å². The van der Waals surface area contributed by atoms with Gasteiger partial charge in [-0.2, -0.15) is 0 Å². The number of fused-ring (bicyclic) bond motifs is 1. The number of benzene rings is 3. The van der Waals surface area contributed by atoms with Gasteiger partial charge < -0.3 is 19.3 Å². The molecule has 1 unspecified atom stereocenters. The van der Waals surface area contributed by atoms with Gasteiger partial charge in [-0.15, -0.1) is 5.10 Å². The molecule has 0 radical (unpaired) electrons. The molecule has 0 fully saturated rings. The van der Waals surface area contributed by atoms with Crippen molar-refractivity contribution < 1.29 is 24.1 Å². The number of hydrogen-bond donors (Lipinski definition) is 1. The van der Waals surface area contributed by atoms with Crippen LogP contribution >= 0.6 is 0 Å². The summed E-state index contributed by atoms with van der Waals surface area (Å²) < 4.78 is 18.4. The number of unbranched alkanes of at least 4 members (excludes halogenated alkanes) is 1. The van der Waals surface area contributed by atoms with E-state index in [0.717, 1.165) is 69.6 Å². The van der Waals surface area contributed by atoms with Crippen LogP contribution in [0.25, 0.3) is 11.0 Å². The summed E-state index contributed by atoms with van der Waals surface area (Å²) >= 11 is 0. The molecule has 0 bridgehead atoms. The molecule has 4 aromatic rings. The second kappa shape index (κ2) is 14.2. The maximum atomic E-state index is 13.1. The van der Waals surface area contributed by atoms with E-state index in [9.17, 15) is 9.90 Å². The van der Waals surface area contributed by atoms with E-state index in [1.54, 1.807) is 14.0 Å². The lowest BCUT2D eigenvalue weighted by Gasteiger charge is -2.20. The topological polar surface area (TPSA) is 95.7 Å². The van der Waals surface area contributed by atoms with Crippen LogP contribution in [0.5, 0.6) is 5.75 Å². The van der Waals surface area contributed by atoms with Crippen LogP contribution in [0.1, 0.15) is 72.1 Å². The lowest BCUT2D eigenvalue weighted by atomic mass is 9.87. The highest BCUT2D eigenvalue weighted by Crippen LogP contribution is 2.30. The molecule has 0 aliphatic rings. The minimum atomic E-state index is -0.619. The molecule has 2 atom stereocenters. The van der Waals surface area contributed by atoms with Crippen molar-refractivity contribution in [1.29, 1.82) is 0 Å². The average Bonchev–Trinajstić information content (AvgIpc) is 3.39. The number of aromatic nitrogens is 3. The molecule has 218 valence electrons. The Balaban J connectivity index is 1.40. The minimum absolute atomic E-state index is 0.273. The third-order valence-corrected chi connectivity index (χ3v) is 7.54. The fourth-order valence-corrected chi connectivity index (χ4v) is 5.10. The number of nitrogens with zero attached hydrogens (tertiary/aromatic N) is 3. The summed E-state index contributed by atoms with van der Waals surface area (Å²) in [6.45, 7) is 9.85. The van der Waals surface area contributed by atoms with Crippen LogP contribution in [-0.4, -0.2) is 46.4 Å². The quantitative estimate of drug-likeness (QED) is 0.150. The first-order chi connectivity index (χ1) is 19.8. The highest BCUT2D eigenvalue weighted by atomic mass is 16.5. The molecule has 41 heavy (non-hydrogen) atoms. The molecule has 3 aromatic carbocycles. The third kappa shape index (κ3) is 7.51. The largest absolute Gasteiger partial charge is 0.497 e. The van der Waals surface area contributed by atoms with Crippen LogP contribution in [0.2, 0.25) is 0 Å². The number of hydrogen-bond acceptors (Lipinski definition) is 7. The van der Waals surface area contributed by atoms with E-state index in [-0.39, 0.29) is 5.97 Å². The predicted molar refractivity (Wildman–Crippen MR) is 159 cm³/mol. The molecule has 0 aliphatic carbocycles. The number of carbonyl (C=O) groups is 1. The van der Waals surface area contributed by atoms with E-state index >= 15 is 0 Å². The van der Waals surface area contributed by atoms with Gasteiger partial charge in [0.2, 0.25) is 0 Å². The molecule has 0 saturated carbocycles. The number of carbonyl (C=O) groups excluding carboxylic acids is 1. The molecule has 1 heterocycles. The van der Waals surface area contributed by atoms with Crippen LogP contribution in [0.3, 0.4) is 0 Å². The average molecular weight is 560 g/mol. The first-order valence-corrected chi connectivity index (χ1v) is 14.3. The van der Waals surface area contributed by atoms with E-state index in [1.165, 1.54) is 0 Å². The Kier molecular flexibility index (Phi) is 10.5. The number of esters is 1. The maximum absolute atomic E-state index is 13.1. The molecular formula is C33H41N3O5. The lowest BCUT2D eigenvalue weighted by Crippen LogP contribution is -2.19. The smallest absolute Gasteiger partial charge is 0.313 e. The number of aryl methyl sites for hydroxylation is 3. The van der Waals surface area contributed by atoms with Crippen molar-refractivity contribution in [2.75, 3.05) is 20.3 Å². The van der Waals surface area contributed by atoms with Gasteiger partial charge in [0.15, 0.2) is 0 Å². The highest BCUT2D eigenvalue weighted by molar-refractivity contribution is 5.81. The van der Waals surface area contributed by atoms with E-state index in [1.807, 2.05) is 74.0 Å². The van der Waals surface area contributed by atoms with Gasteiger partial charge in [0.25, 0.3) is 0 Å². The van der Waals surface area contributed by atoms with Crippen molar-refractivity contribution >= 4 is 17.0 Å². The SMILES string of the molecule is CCOC(=O)C(Cc1ccc2c(nnn2CCCCOCc2ccc(OC)cc2)c1C)c1ccc(C)c([C@H](C)O)c1. The maximum Gasteiger partial charge on any atom is 0.313 e. The second-order valence-corrected chi connectivity index (χ2v) is 10.4. The van der Waals surface area contributed by atoms with Crippen LogP contribution in [0.4, 0.5) is 0 Å². The number of aliphatic hydroxyl groups is 1. The fourth-order valence-electron chi connectivity index (χ4n) is 5.10. The first kappa shape index (κ1) is 30.2. The van der Waals surface area contributed by atoms with Gasteiger partial charge in [0.1, 0.15) is 11.3 Å². The summed E-state index contributed by atoms with van der Waals surface area (Å²) in [5.41, 5.74) is 7.61. The predicted octanol–water partition coefficient (Wildman–Crippen LogP) is 6.00. The summed E-state index contributed by atoms with van der Waals surface area (Å²) in [6.07, 6.45) is 1.69. The standard InChI is InChI=1S/C33H41N3O5/c1-6-41-33(38)30(27-12-9-22(2)29(20-27)24(4)37)19-26-13-16-31-32(23(26)3)34-35-36(31)17-7-8-18-40-21-25-10-14-28(39-5)15-11-25/h9-16,20,24,30,37H,6-8,17-19,21H2,1-5H3/t24-,30?/m0/s1. The Hall–Kier alpha value is -3.75. The minimum Gasteiger partial charge on any atom is -0.497 e. The van der Waals surface area contributed by atoms with E-state index in [4.69, 9.17) is 14.2 Å². The Morgan fingerprint density at radius 1 is 1.05 bits per heavy atom. The second-order valence-electron chi connectivity index (χ2n) is 10.4.